The smallest absolute Gasteiger partial charge is 0.338 e. The van der Waals surface area contributed by atoms with Gasteiger partial charge in [-0.25, -0.2) is 4.79 Å². The minimum Gasteiger partial charge on any atom is -0.495 e. The molecule has 3 amide bonds. The number of carbonyl (C=O) groups excluding carboxylic acids is 4. The highest BCUT2D eigenvalue weighted by atomic mass is 16.5. The van der Waals surface area contributed by atoms with E-state index in [1.54, 1.807) is 31.2 Å². The van der Waals surface area contributed by atoms with Crippen molar-refractivity contribution in [1.29, 1.82) is 0 Å². The number of nitrogens with one attached hydrogen (secondary N) is 1. The second-order valence-corrected chi connectivity index (χ2v) is 6.82. The van der Waals surface area contributed by atoms with Gasteiger partial charge in [-0.3, -0.25) is 19.3 Å². The molecule has 0 aliphatic carbocycles. The van der Waals surface area contributed by atoms with Gasteiger partial charge in [0.1, 0.15) is 5.75 Å². The van der Waals surface area contributed by atoms with E-state index in [0.29, 0.717) is 17.9 Å². The Morgan fingerprint density at radius 1 is 1.07 bits per heavy atom. The van der Waals surface area contributed by atoms with Crippen molar-refractivity contribution in [2.45, 2.75) is 26.3 Å². The number of rotatable bonds is 7. The zero-order valence-electron chi connectivity index (χ0n) is 16.9. The lowest BCUT2D eigenvalue weighted by molar-refractivity contribution is -0.119. The summed E-state index contributed by atoms with van der Waals surface area (Å²) in [5.74, 6) is -1.64. The molecule has 0 bridgehead atoms. The minimum atomic E-state index is -0.768. The fourth-order valence-electron chi connectivity index (χ4n) is 3.12. The maximum Gasteiger partial charge on any atom is 0.338 e. The molecule has 0 fully saturated rings. The van der Waals surface area contributed by atoms with Crippen LogP contribution in [0.3, 0.4) is 0 Å². The van der Waals surface area contributed by atoms with Gasteiger partial charge in [-0.05, 0) is 43.7 Å². The Hall–Kier alpha value is -3.68. The number of imide groups is 1. The number of carbonyl (C=O) groups is 4. The van der Waals surface area contributed by atoms with Crippen LogP contribution in [0.1, 0.15) is 51.3 Å². The molecule has 8 heteroatoms. The number of hydrogen-bond acceptors (Lipinski definition) is 6. The van der Waals surface area contributed by atoms with E-state index in [4.69, 9.17) is 9.47 Å². The van der Waals surface area contributed by atoms with Crippen molar-refractivity contribution in [3.8, 4) is 5.75 Å². The molecule has 1 atom stereocenters. The van der Waals surface area contributed by atoms with E-state index in [0.717, 1.165) is 0 Å². The monoisotopic (exact) mass is 410 g/mol. The number of nitrogens with zero attached hydrogens (tertiary/aromatic N) is 1. The van der Waals surface area contributed by atoms with Crippen molar-refractivity contribution in [2.24, 2.45) is 0 Å². The summed E-state index contributed by atoms with van der Waals surface area (Å²) in [7, 11) is 1.48. The van der Waals surface area contributed by atoms with Gasteiger partial charge in [0.15, 0.2) is 6.61 Å². The van der Waals surface area contributed by atoms with Crippen LogP contribution in [0.4, 0.5) is 5.69 Å². The number of esters is 1. The second kappa shape index (κ2) is 8.77. The van der Waals surface area contributed by atoms with Crippen molar-refractivity contribution < 1.29 is 28.7 Å². The van der Waals surface area contributed by atoms with Gasteiger partial charge in [0.2, 0.25) is 0 Å². The summed E-state index contributed by atoms with van der Waals surface area (Å²) in [6.07, 6.45) is 0.627. The van der Waals surface area contributed by atoms with Crippen LogP contribution in [0.5, 0.6) is 5.75 Å². The third-order valence-corrected chi connectivity index (χ3v) is 4.90. The standard InChI is InChI=1S/C22H22N2O6/c1-4-13(2)24-20(26)15-10-9-14(11-16(15)21(24)27)22(28)30-12-19(25)23-17-7-5-6-8-18(17)29-3/h5-11,13H,4,12H2,1-3H3,(H,23,25)/t13-/m0/s1. The maximum absolute atomic E-state index is 12.6. The molecule has 0 saturated carbocycles. The van der Waals surface area contributed by atoms with E-state index in [-0.39, 0.29) is 28.6 Å². The largest absolute Gasteiger partial charge is 0.495 e. The van der Waals surface area contributed by atoms with Crippen molar-refractivity contribution in [3.63, 3.8) is 0 Å². The van der Waals surface area contributed by atoms with Gasteiger partial charge in [0.05, 0.1) is 29.5 Å². The Bertz CT molecular complexity index is 1020. The fourth-order valence-corrected chi connectivity index (χ4v) is 3.12. The molecule has 1 N–H and O–H groups in total. The first-order valence-electron chi connectivity index (χ1n) is 9.49. The zero-order valence-corrected chi connectivity index (χ0v) is 16.9. The van der Waals surface area contributed by atoms with Gasteiger partial charge in [-0.1, -0.05) is 19.1 Å². The second-order valence-electron chi connectivity index (χ2n) is 6.82. The Labute approximate surface area is 173 Å². The van der Waals surface area contributed by atoms with Crippen LogP contribution >= 0.6 is 0 Å². The molecule has 0 saturated heterocycles. The summed E-state index contributed by atoms with van der Waals surface area (Å²) in [6, 6.07) is 10.8. The molecule has 0 radical (unpaired) electrons. The summed E-state index contributed by atoms with van der Waals surface area (Å²) < 4.78 is 10.2. The van der Waals surface area contributed by atoms with Crippen LogP contribution in [0, 0.1) is 0 Å². The highest BCUT2D eigenvalue weighted by Crippen LogP contribution is 2.27. The average Bonchev–Trinajstić information content (AvgIpc) is 3.01. The van der Waals surface area contributed by atoms with Crippen LogP contribution in [0.15, 0.2) is 42.5 Å². The number of fused-ring (bicyclic) bond motifs is 1. The van der Waals surface area contributed by atoms with Crippen LogP contribution < -0.4 is 10.1 Å². The molecule has 8 nitrogen and oxygen atoms in total. The summed E-state index contributed by atoms with van der Waals surface area (Å²) >= 11 is 0. The van der Waals surface area contributed by atoms with Crippen LogP contribution in [-0.2, 0) is 9.53 Å². The molecule has 156 valence electrons. The van der Waals surface area contributed by atoms with Gasteiger partial charge >= 0.3 is 5.97 Å². The molecule has 3 rings (SSSR count). The Balaban J connectivity index is 1.66. The number of amides is 3. The van der Waals surface area contributed by atoms with Gasteiger partial charge in [-0.2, -0.15) is 0 Å². The molecule has 1 aliphatic rings. The fraction of sp³-hybridized carbons (Fsp3) is 0.273. The normalized spacial score (nSPS) is 13.6. The van der Waals surface area contributed by atoms with Crippen molar-refractivity contribution in [3.05, 3.63) is 59.2 Å². The lowest BCUT2D eigenvalue weighted by Crippen LogP contribution is -2.37. The van der Waals surface area contributed by atoms with Crippen LogP contribution in [0.25, 0.3) is 0 Å². The predicted octanol–water partition coefficient (Wildman–Crippen LogP) is 2.89. The van der Waals surface area contributed by atoms with E-state index in [9.17, 15) is 19.2 Å². The van der Waals surface area contributed by atoms with Crippen molar-refractivity contribution >= 4 is 29.4 Å². The van der Waals surface area contributed by atoms with E-state index in [1.165, 1.54) is 30.2 Å². The molecule has 1 aliphatic heterocycles. The topological polar surface area (TPSA) is 102 Å². The average molecular weight is 410 g/mol. The van der Waals surface area contributed by atoms with Crippen molar-refractivity contribution in [1.82, 2.24) is 4.90 Å². The van der Waals surface area contributed by atoms with E-state index < -0.39 is 24.4 Å². The van der Waals surface area contributed by atoms with E-state index >= 15 is 0 Å². The van der Waals surface area contributed by atoms with Crippen molar-refractivity contribution in [2.75, 3.05) is 19.0 Å². The molecule has 0 unspecified atom stereocenters. The molecule has 0 aromatic heterocycles. The van der Waals surface area contributed by atoms with Gasteiger partial charge < -0.3 is 14.8 Å². The SMILES string of the molecule is CC[C@H](C)N1C(=O)c2ccc(C(=O)OCC(=O)Nc3ccccc3OC)cc2C1=O. The third-order valence-electron chi connectivity index (χ3n) is 4.90. The summed E-state index contributed by atoms with van der Waals surface area (Å²) in [5, 5.41) is 2.60. The Morgan fingerprint density at radius 3 is 2.47 bits per heavy atom. The lowest BCUT2D eigenvalue weighted by atomic mass is 10.1. The first kappa shape index (κ1) is 21.0. The molecule has 30 heavy (non-hydrogen) atoms. The minimum absolute atomic E-state index is 0.0889. The quantitative estimate of drug-likeness (QED) is 0.556. The highest BCUT2D eigenvalue weighted by molar-refractivity contribution is 6.22. The number of benzene rings is 2. The summed E-state index contributed by atoms with van der Waals surface area (Å²) in [6.45, 7) is 3.16. The van der Waals surface area contributed by atoms with E-state index in [1.807, 2.05) is 6.92 Å². The number of anilines is 1. The highest BCUT2D eigenvalue weighted by Gasteiger charge is 2.38. The molecular formula is C22H22N2O6. The predicted molar refractivity (Wildman–Crippen MR) is 109 cm³/mol. The van der Waals surface area contributed by atoms with Gasteiger partial charge in [0.25, 0.3) is 17.7 Å². The van der Waals surface area contributed by atoms with Crippen LogP contribution in [0.2, 0.25) is 0 Å². The Morgan fingerprint density at radius 2 is 1.77 bits per heavy atom. The number of ether oxygens (including phenoxy) is 2. The Kier molecular flexibility index (Phi) is 6.15. The van der Waals surface area contributed by atoms with Gasteiger partial charge in [0, 0.05) is 6.04 Å². The number of hydrogen-bond donors (Lipinski definition) is 1. The van der Waals surface area contributed by atoms with Crippen LogP contribution in [-0.4, -0.2) is 48.3 Å². The first-order valence-corrected chi connectivity index (χ1v) is 9.49. The maximum atomic E-state index is 12.6. The molecule has 2 aromatic rings. The molecular weight excluding hydrogens is 388 g/mol. The number of para-hydroxylation sites is 2. The molecule has 1 heterocycles. The first-order chi connectivity index (χ1) is 14.4. The van der Waals surface area contributed by atoms with Gasteiger partial charge in [-0.15, -0.1) is 0 Å². The van der Waals surface area contributed by atoms with E-state index in [2.05, 4.69) is 5.32 Å². The summed E-state index contributed by atoms with van der Waals surface area (Å²) in [5.41, 5.74) is 0.956. The number of methoxy groups -OCH3 is 1. The lowest BCUT2D eigenvalue weighted by Gasteiger charge is -2.20. The summed E-state index contributed by atoms with van der Waals surface area (Å²) in [4.78, 5) is 50.7. The molecule has 0 spiro atoms. The zero-order chi connectivity index (χ0) is 21.8. The third kappa shape index (κ3) is 4.03. The molecule has 2 aromatic carbocycles.